The normalized spacial score (nSPS) is 23.7. The van der Waals surface area contributed by atoms with E-state index in [1.54, 1.807) is 16.5 Å². The van der Waals surface area contributed by atoms with Crippen LogP contribution < -0.4 is 5.32 Å². The van der Waals surface area contributed by atoms with Crippen molar-refractivity contribution in [2.24, 2.45) is 7.05 Å². The largest absolute Gasteiger partial charge is 0.391 e. The number of aromatic nitrogens is 4. The minimum absolute atomic E-state index is 0.233. The van der Waals surface area contributed by atoms with Gasteiger partial charge in [0.2, 0.25) is 5.89 Å². The molecule has 2 N–H and O–H groups in total. The van der Waals surface area contributed by atoms with E-state index in [1.807, 2.05) is 13.2 Å². The zero-order valence-electron chi connectivity index (χ0n) is 15.8. The Bertz CT molecular complexity index is 810. The van der Waals surface area contributed by atoms with E-state index < -0.39 is 12.1 Å². The van der Waals surface area contributed by atoms with Gasteiger partial charge in [-0.05, 0) is 19.8 Å². The molecular weight excluding hydrogens is 348 g/mol. The van der Waals surface area contributed by atoms with E-state index >= 15 is 0 Å². The predicted molar refractivity (Wildman–Crippen MR) is 97.2 cm³/mol. The number of carbonyl (C=O) groups is 1. The Hall–Kier alpha value is -2.42. The van der Waals surface area contributed by atoms with Gasteiger partial charge in [-0.1, -0.05) is 24.4 Å². The van der Waals surface area contributed by atoms with Crippen molar-refractivity contribution in [2.45, 2.75) is 63.5 Å². The molecule has 1 saturated heterocycles. The highest BCUT2D eigenvalue weighted by molar-refractivity contribution is 5.90. The van der Waals surface area contributed by atoms with Crippen molar-refractivity contribution < 1.29 is 14.4 Å². The van der Waals surface area contributed by atoms with Gasteiger partial charge in [0.1, 0.15) is 6.04 Å². The maximum atomic E-state index is 13.0. The summed E-state index contributed by atoms with van der Waals surface area (Å²) in [7, 11) is 1.87. The smallest absolute Gasteiger partial charge is 0.322 e. The summed E-state index contributed by atoms with van der Waals surface area (Å²) in [6.45, 7) is 1.96. The second-order valence-corrected chi connectivity index (χ2v) is 7.60. The van der Waals surface area contributed by atoms with Gasteiger partial charge in [0, 0.05) is 32.1 Å². The van der Waals surface area contributed by atoms with Crippen LogP contribution in [0, 0.1) is 6.92 Å². The first-order chi connectivity index (χ1) is 13.0. The highest BCUT2D eigenvalue weighted by Crippen LogP contribution is 2.36. The maximum Gasteiger partial charge on any atom is 0.322 e. The molecule has 0 spiro atoms. The van der Waals surface area contributed by atoms with Crippen LogP contribution in [-0.2, 0) is 7.05 Å². The van der Waals surface area contributed by atoms with Crippen LogP contribution in [0.25, 0.3) is 0 Å². The van der Waals surface area contributed by atoms with E-state index in [0.717, 1.165) is 24.2 Å². The molecule has 1 aliphatic carbocycles. The van der Waals surface area contributed by atoms with Gasteiger partial charge in [0.15, 0.2) is 5.82 Å². The number of nitrogens with zero attached hydrogens (tertiary/aromatic N) is 5. The Morgan fingerprint density at radius 2 is 2.11 bits per heavy atom. The molecule has 2 aromatic heterocycles. The third kappa shape index (κ3) is 3.69. The number of nitrogens with one attached hydrogen (secondary N) is 1. The van der Waals surface area contributed by atoms with E-state index in [4.69, 9.17) is 4.52 Å². The Morgan fingerprint density at radius 1 is 1.33 bits per heavy atom. The summed E-state index contributed by atoms with van der Waals surface area (Å²) in [5.41, 5.74) is 1.70. The lowest BCUT2D eigenvalue weighted by Gasteiger charge is -2.24. The van der Waals surface area contributed by atoms with E-state index in [-0.39, 0.29) is 12.6 Å². The van der Waals surface area contributed by atoms with Crippen LogP contribution >= 0.6 is 0 Å². The number of β-amino-alcohol motifs (C(OH)–C–C–N with tert-alkyl or cyclic N) is 1. The fourth-order valence-corrected chi connectivity index (χ4v) is 4.19. The van der Waals surface area contributed by atoms with E-state index in [0.29, 0.717) is 24.1 Å². The number of rotatable bonds is 3. The summed E-state index contributed by atoms with van der Waals surface area (Å²) in [6, 6.07) is -0.700. The van der Waals surface area contributed by atoms with E-state index in [1.165, 1.54) is 19.3 Å². The molecule has 9 heteroatoms. The predicted octanol–water partition coefficient (Wildman–Crippen LogP) is 2.50. The molecule has 0 unspecified atom stereocenters. The number of amides is 2. The Balaban J connectivity index is 1.53. The van der Waals surface area contributed by atoms with Gasteiger partial charge < -0.3 is 19.8 Å². The number of anilines is 1. The summed E-state index contributed by atoms with van der Waals surface area (Å²) in [5, 5.41) is 21.5. The number of carbonyl (C=O) groups excluding carboxylic acids is 1. The quantitative estimate of drug-likeness (QED) is 0.854. The molecule has 2 aromatic rings. The highest BCUT2D eigenvalue weighted by atomic mass is 16.5. The van der Waals surface area contributed by atoms with Crippen molar-refractivity contribution >= 4 is 11.7 Å². The molecule has 0 bridgehead atoms. The number of urea groups is 1. The first kappa shape index (κ1) is 18.0. The fourth-order valence-electron chi connectivity index (χ4n) is 4.19. The zero-order valence-corrected chi connectivity index (χ0v) is 15.8. The average Bonchev–Trinajstić information content (AvgIpc) is 3.34. The third-order valence-corrected chi connectivity index (χ3v) is 5.46. The zero-order chi connectivity index (χ0) is 19.0. The SMILES string of the molecule is Cc1noc([C@H]2C[C@@H](O)CN2C(=O)Nc2cn(C)nc2C2CCCCC2)n1. The topological polar surface area (TPSA) is 109 Å². The van der Waals surface area contributed by atoms with Crippen LogP contribution in [0.2, 0.25) is 0 Å². The molecule has 2 amide bonds. The third-order valence-electron chi connectivity index (χ3n) is 5.46. The van der Waals surface area contributed by atoms with Crippen LogP contribution in [-0.4, -0.2) is 48.6 Å². The number of hydrogen-bond acceptors (Lipinski definition) is 6. The molecule has 2 atom stereocenters. The van der Waals surface area contributed by atoms with Gasteiger partial charge in [-0.2, -0.15) is 10.1 Å². The van der Waals surface area contributed by atoms with Gasteiger partial charge in [-0.15, -0.1) is 0 Å². The van der Waals surface area contributed by atoms with Crippen LogP contribution in [0.5, 0.6) is 0 Å². The fraction of sp³-hybridized carbons (Fsp3) is 0.667. The standard InChI is InChI=1S/C18H26N6O3/c1-11-19-17(27-22-11)15-8-13(25)9-24(15)18(26)20-14-10-23(2)21-16(14)12-6-4-3-5-7-12/h10,12-13,15,25H,3-9H2,1-2H3,(H,20,26)/t13-,15-/m1/s1. The monoisotopic (exact) mass is 374 g/mol. The molecule has 27 heavy (non-hydrogen) atoms. The van der Waals surface area contributed by atoms with Gasteiger partial charge in [-0.25, -0.2) is 4.79 Å². The van der Waals surface area contributed by atoms with Crippen LogP contribution in [0.3, 0.4) is 0 Å². The number of aliphatic hydroxyl groups excluding tert-OH is 1. The molecule has 1 aliphatic heterocycles. The first-order valence-electron chi connectivity index (χ1n) is 9.60. The van der Waals surface area contributed by atoms with Crippen LogP contribution in [0.1, 0.15) is 67.9 Å². The van der Waals surface area contributed by atoms with Gasteiger partial charge in [0.05, 0.1) is 17.5 Å². The van der Waals surface area contributed by atoms with Crippen LogP contribution in [0.4, 0.5) is 10.5 Å². The van der Waals surface area contributed by atoms with Crippen molar-refractivity contribution in [1.82, 2.24) is 24.8 Å². The maximum absolute atomic E-state index is 13.0. The number of aryl methyl sites for hydroxylation is 2. The van der Waals surface area contributed by atoms with Crippen molar-refractivity contribution in [1.29, 1.82) is 0 Å². The second kappa shape index (κ2) is 7.30. The summed E-state index contributed by atoms with van der Waals surface area (Å²) >= 11 is 0. The van der Waals surface area contributed by atoms with Gasteiger partial charge in [-0.3, -0.25) is 4.68 Å². The Morgan fingerprint density at radius 3 is 2.81 bits per heavy atom. The second-order valence-electron chi connectivity index (χ2n) is 7.60. The molecular formula is C18H26N6O3. The summed E-state index contributed by atoms with van der Waals surface area (Å²) in [5.74, 6) is 1.25. The van der Waals surface area contributed by atoms with E-state index in [2.05, 4.69) is 20.6 Å². The Kier molecular flexibility index (Phi) is 4.86. The van der Waals surface area contributed by atoms with Crippen molar-refractivity contribution in [3.05, 3.63) is 23.6 Å². The lowest BCUT2D eigenvalue weighted by molar-refractivity contribution is 0.174. The summed E-state index contributed by atoms with van der Waals surface area (Å²) < 4.78 is 6.99. The number of hydrogen-bond donors (Lipinski definition) is 2. The molecule has 3 heterocycles. The van der Waals surface area contributed by atoms with Crippen molar-refractivity contribution in [2.75, 3.05) is 11.9 Å². The number of likely N-dealkylation sites (tertiary alicyclic amines) is 1. The molecule has 2 fully saturated rings. The molecule has 9 nitrogen and oxygen atoms in total. The van der Waals surface area contributed by atoms with Crippen molar-refractivity contribution in [3.63, 3.8) is 0 Å². The van der Waals surface area contributed by atoms with Gasteiger partial charge in [0.25, 0.3) is 0 Å². The molecule has 4 rings (SSSR count). The van der Waals surface area contributed by atoms with Crippen molar-refractivity contribution in [3.8, 4) is 0 Å². The first-order valence-corrected chi connectivity index (χ1v) is 9.60. The molecule has 146 valence electrons. The van der Waals surface area contributed by atoms with Crippen LogP contribution in [0.15, 0.2) is 10.7 Å². The minimum Gasteiger partial charge on any atom is -0.391 e. The lowest BCUT2D eigenvalue weighted by Crippen LogP contribution is -2.35. The summed E-state index contributed by atoms with van der Waals surface area (Å²) in [6.07, 6.45) is 7.49. The Labute approximate surface area is 157 Å². The van der Waals surface area contributed by atoms with Gasteiger partial charge >= 0.3 is 6.03 Å². The number of aliphatic hydroxyl groups is 1. The lowest BCUT2D eigenvalue weighted by atomic mass is 9.86. The molecule has 0 radical (unpaired) electrons. The average molecular weight is 374 g/mol. The van der Waals surface area contributed by atoms with E-state index in [9.17, 15) is 9.90 Å². The molecule has 0 aromatic carbocycles. The summed E-state index contributed by atoms with van der Waals surface area (Å²) in [4.78, 5) is 18.8. The minimum atomic E-state index is -0.611. The molecule has 2 aliphatic rings. The molecule has 1 saturated carbocycles. The highest BCUT2D eigenvalue weighted by Gasteiger charge is 2.39.